The molecule has 0 unspecified atom stereocenters. The number of carbonyl (C=O) groups excluding carboxylic acids is 2. The first-order chi connectivity index (χ1) is 10.7. The number of hydrogen-bond acceptors (Lipinski definition) is 4. The molecule has 0 aliphatic heterocycles. The predicted octanol–water partition coefficient (Wildman–Crippen LogP) is 3.16. The van der Waals surface area contributed by atoms with Gasteiger partial charge in [-0.05, 0) is 28.8 Å². The van der Waals surface area contributed by atoms with Crippen LogP contribution in [0.2, 0.25) is 0 Å². The molecule has 0 aromatic heterocycles. The molecule has 2 rings (SSSR count). The number of benzene rings is 2. The number of hydrogen-bond donors (Lipinski definition) is 0. The SMILES string of the molecule is C=CC(=O)OCCc1ccc(-c2ccc(OC=O)cc2)cc1. The summed E-state index contributed by atoms with van der Waals surface area (Å²) in [5, 5.41) is 0. The maximum atomic E-state index is 10.9. The van der Waals surface area contributed by atoms with Gasteiger partial charge in [0, 0.05) is 12.5 Å². The van der Waals surface area contributed by atoms with E-state index in [2.05, 4.69) is 6.58 Å². The largest absolute Gasteiger partial charge is 0.462 e. The van der Waals surface area contributed by atoms with Gasteiger partial charge in [0.2, 0.25) is 0 Å². The summed E-state index contributed by atoms with van der Waals surface area (Å²) in [6.45, 7) is 4.09. The summed E-state index contributed by atoms with van der Waals surface area (Å²) in [5.41, 5.74) is 3.17. The van der Waals surface area contributed by atoms with Gasteiger partial charge in [-0.2, -0.15) is 0 Å². The van der Waals surface area contributed by atoms with E-state index in [4.69, 9.17) is 9.47 Å². The van der Waals surface area contributed by atoms with Crippen LogP contribution in [0.1, 0.15) is 5.56 Å². The molecule has 112 valence electrons. The van der Waals surface area contributed by atoms with Crippen molar-refractivity contribution in [2.24, 2.45) is 0 Å². The molecule has 0 amide bonds. The lowest BCUT2D eigenvalue weighted by atomic mass is 10.0. The lowest BCUT2D eigenvalue weighted by Crippen LogP contribution is -2.04. The van der Waals surface area contributed by atoms with Crippen LogP contribution in [0.3, 0.4) is 0 Å². The van der Waals surface area contributed by atoms with Crippen LogP contribution in [-0.4, -0.2) is 19.0 Å². The Balaban J connectivity index is 1.97. The zero-order chi connectivity index (χ0) is 15.8. The Labute approximate surface area is 129 Å². The van der Waals surface area contributed by atoms with E-state index in [-0.39, 0.29) is 0 Å². The molecule has 0 atom stereocenters. The van der Waals surface area contributed by atoms with Gasteiger partial charge < -0.3 is 9.47 Å². The van der Waals surface area contributed by atoms with Crippen molar-refractivity contribution in [3.63, 3.8) is 0 Å². The van der Waals surface area contributed by atoms with Gasteiger partial charge in [-0.1, -0.05) is 43.0 Å². The molecule has 0 N–H and O–H groups in total. The van der Waals surface area contributed by atoms with Gasteiger partial charge in [-0.3, -0.25) is 4.79 Å². The third-order valence-corrected chi connectivity index (χ3v) is 3.13. The summed E-state index contributed by atoms with van der Waals surface area (Å²) in [4.78, 5) is 21.2. The van der Waals surface area contributed by atoms with E-state index in [1.165, 1.54) is 0 Å². The summed E-state index contributed by atoms with van der Waals surface area (Å²) in [7, 11) is 0. The Morgan fingerprint density at radius 3 is 2.14 bits per heavy atom. The van der Waals surface area contributed by atoms with Gasteiger partial charge in [0.25, 0.3) is 6.47 Å². The molecule has 4 nitrogen and oxygen atoms in total. The van der Waals surface area contributed by atoms with E-state index in [0.29, 0.717) is 25.2 Å². The molecule has 0 heterocycles. The molecule has 2 aromatic rings. The zero-order valence-corrected chi connectivity index (χ0v) is 12.0. The molecule has 0 spiro atoms. The van der Waals surface area contributed by atoms with Crippen LogP contribution >= 0.6 is 0 Å². The number of rotatable bonds is 7. The second-order valence-electron chi connectivity index (χ2n) is 4.56. The minimum Gasteiger partial charge on any atom is -0.462 e. The van der Waals surface area contributed by atoms with Gasteiger partial charge in [0.15, 0.2) is 0 Å². The fourth-order valence-corrected chi connectivity index (χ4v) is 1.97. The lowest BCUT2D eigenvalue weighted by Gasteiger charge is -2.06. The van der Waals surface area contributed by atoms with Crippen molar-refractivity contribution in [1.82, 2.24) is 0 Å². The molecule has 0 radical (unpaired) electrons. The van der Waals surface area contributed by atoms with Gasteiger partial charge in [-0.25, -0.2) is 4.79 Å². The second-order valence-corrected chi connectivity index (χ2v) is 4.56. The molecule has 2 aromatic carbocycles. The molecule has 0 bridgehead atoms. The van der Waals surface area contributed by atoms with Crippen molar-refractivity contribution in [3.05, 3.63) is 66.7 Å². The Hall–Kier alpha value is -2.88. The second kappa shape index (κ2) is 7.78. The normalized spacial score (nSPS) is 9.82. The summed E-state index contributed by atoms with van der Waals surface area (Å²) in [6.07, 6.45) is 1.81. The van der Waals surface area contributed by atoms with Crippen molar-refractivity contribution >= 4 is 12.4 Å². The average molecular weight is 296 g/mol. The molecular formula is C18H16O4. The maximum absolute atomic E-state index is 10.9. The molecular weight excluding hydrogens is 280 g/mol. The van der Waals surface area contributed by atoms with Crippen LogP contribution in [0.5, 0.6) is 5.75 Å². The molecule has 0 saturated heterocycles. The van der Waals surface area contributed by atoms with Crippen LogP contribution in [0.15, 0.2) is 61.2 Å². The first kappa shape index (κ1) is 15.5. The molecule has 0 aliphatic carbocycles. The number of carbonyl (C=O) groups is 2. The minimum atomic E-state index is -0.408. The fourth-order valence-electron chi connectivity index (χ4n) is 1.97. The first-order valence-electron chi connectivity index (χ1n) is 6.82. The molecule has 22 heavy (non-hydrogen) atoms. The monoisotopic (exact) mass is 296 g/mol. The van der Waals surface area contributed by atoms with Gasteiger partial charge in [0.05, 0.1) is 6.61 Å². The van der Waals surface area contributed by atoms with Gasteiger partial charge >= 0.3 is 5.97 Å². The Morgan fingerprint density at radius 2 is 1.59 bits per heavy atom. The molecule has 0 saturated carbocycles. The van der Waals surface area contributed by atoms with E-state index in [0.717, 1.165) is 22.8 Å². The van der Waals surface area contributed by atoms with Crippen molar-refractivity contribution < 1.29 is 19.1 Å². The lowest BCUT2D eigenvalue weighted by molar-refractivity contribution is -0.137. The average Bonchev–Trinajstić information content (AvgIpc) is 2.56. The zero-order valence-electron chi connectivity index (χ0n) is 12.0. The quantitative estimate of drug-likeness (QED) is 0.447. The summed E-state index contributed by atoms with van der Waals surface area (Å²) in [5.74, 6) is 0.105. The van der Waals surface area contributed by atoms with Crippen LogP contribution < -0.4 is 4.74 Å². The van der Waals surface area contributed by atoms with Crippen LogP contribution in [0.25, 0.3) is 11.1 Å². The first-order valence-corrected chi connectivity index (χ1v) is 6.82. The highest BCUT2D eigenvalue weighted by atomic mass is 16.5. The van der Waals surface area contributed by atoms with Crippen LogP contribution in [0.4, 0.5) is 0 Å². The summed E-state index contributed by atoms with van der Waals surface area (Å²) in [6, 6.07) is 15.2. The van der Waals surface area contributed by atoms with Gasteiger partial charge in [0.1, 0.15) is 5.75 Å². The van der Waals surface area contributed by atoms with Crippen molar-refractivity contribution in [3.8, 4) is 16.9 Å². The number of ether oxygens (including phenoxy) is 2. The third kappa shape index (κ3) is 4.31. The van der Waals surface area contributed by atoms with Gasteiger partial charge in [-0.15, -0.1) is 0 Å². The van der Waals surface area contributed by atoms with E-state index in [1.807, 2.05) is 36.4 Å². The highest BCUT2D eigenvalue weighted by Crippen LogP contribution is 2.22. The topological polar surface area (TPSA) is 52.6 Å². The minimum absolute atomic E-state index is 0.335. The van der Waals surface area contributed by atoms with E-state index >= 15 is 0 Å². The van der Waals surface area contributed by atoms with E-state index in [1.54, 1.807) is 12.1 Å². The van der Waals surface area contributed by atoms with Crippen molar-refractivity contribution in [2.45, 2.75) is 6.42 Å². The summed E-state index contributed by atoms with van der Waals surface area (Å²) < 4.78 is 9.71. The molecule has 0 aliphatic rings. The van der Waals surface area contributed by atoms with Crippen molar-refractivity contribution in [1.29, 1.82) is 0 Å². The fraction of sp³-hybridized carbons (Fsp3) is 0.111. The Bertz CT molecular complexity index is 642. The smallest absolute Gasteiger partial charge is 0.330 e. The molecule has 0 fully saturated rings. The molecule has 4 heteroatoms. The van der Waals surface area contributed by atoms with E-state index < -0.39 is 5.97 Å². The van der Waals surface area contributed by atoms with E-state index in [9.17, 15) is 9.59 Å². The highest BCUT2D eigenvalue weighted by molar-refractivity contribution is 5.81. The number of esters is 1. The Morgan fingerprint density at radius 1 is 1.00 bits per heavy atom. The predicted molar refractivity (Wildman–Crippen MR) is 83.4 cm³/mol. The summed E-state index contributed by atoms with van der Waals surface area (Å²) >= 11 is 0. The van der Waals surface area contributed by atoms with Crippen molar-refractivity contribution in [2.75, 3.05) is 6.61 Å². The Kier molecular flexibility index (Phi) is 5.49. The van der Waals surface area contributed by atoms with Crippen LogP contribution in [0, 0.1) is 0 Å². The maximum Gasteiger partial charge on any atom is 0.330 e. The standard InChI is InChI=1S/C18H16O4/c1-2-18(20)21-12-11-14-3-5-15(6-4-14)16-7-9-17(10-8-16)22-13-19/h2-10,13H,1,11-12H2. The highest BCUT2D eigenvalue weighted by Gasteiger charge is 2.01. The van der Waals surface area contributed by atoms with Crippen LogP contribution in [-0.2, 0) is 20.7 Å². The third-order valence-electron chi connectivity index (χ3n) is 3.13.